The zero-order valence-electron chi connectivity index (χ0n) is 20.6. The number of nitrogens with one attached hydrogen (secondary N) is 3. The van der Waals surface area contributed by atoms with Crippen LogP contribution < -0.4 is 30.9 Å². The largest absolute Gasteiger partial charge is 0.494 e. The fourth-order valence-corrected chi connectivity index (χ4v) is 5.61. The third kappa shape index (κ3) is 4.41. The van der Waals surface area contributed by atoms with Gasteiger partial charge in [0, 0.05) is 50.4 Å². The second-order valence-corrected chi connectivity index (χ2v) is 9.89. The number of carbonyl (C=O) groups excluding carboxylic acids is 1. The lowest BCUT2D eigenvalue weighted by Gasteiger charge is -2.43. The van der Waals surface area contributed by atoms with Gasteiger partial charge >= 0.3 is 0 Å². The second kappa shape index (κ2) is 9.89. The Hall–Kier alpha value is -3.27. The molecule has 0 bridgehead atoms. The number of anilines is 2. The summed E-state index contributed by atoms with van der Waals surface area (Å²) >= 11 is 0. The number of hydrazine groups is 2. The molecule has 1 amide bonds. The summed E-state index contributed by atoms with van der Waals surface area (Å²) in [6, 6.07) is 13.0. The second-order valence-electron chi connectivity index (χ2n) is 9.89. The van der Waals surface area contributed by atoms with Gasteiger partial charge in [-0.05, 0) is 23.8 Å². The Balaban J connectivity index is 1.17. The number of carbonyl (C=O) groups is 1. The number of nitriles is 1. The van der Waals surface area contributed by atoms with Gasteiger partial charge in [-0.2, -0.15) is 5.26 Å². The minimum atomic E-state index is -0.694. The van der Waals surface area contributed by atoms with Crippen molar-refractivity contribution >= 4 is 17.3 Å². The van der Waals surface area contributed by atoms with Crippen molar-refractivity contribution in [1.82, 2.24) is 21.2 Å². The number of nitrogens with zero attached hydrogens (tertiary/aromatic N) is 4. The monoisotopic (exact) mass is 507 g/mol. The molecule has 0 aromatic heterocycles. The van der Waals surface area contributed by atoms with Gasteiger partial charge in [-0.15, -0.1) is 0 Å². The van der Waals surface area contributed by atoms with Gasteiger partial charge < -0.3 is 14.4 Å². The van der Waals surface area contributed by atoms with Gasteiger partial charge in [0.1, 0.15) is 11.4 Å². The number of rotatable bonds is 5. The molecular formula is C26H30FN7O3. The number of hydrogen-bond acceptors (Lipinski definition) is 9. The fourth-order valence-electron chi connectivity index (χ4n) is 5.61. The first kappa shape index (κ1) is 24.1. The van der Waals surface area contributed by atoms with Crippen LogP contribution in [0.2, 0.25) is 0 Å². The average molecular weight is 508 g/mol. The number of amides is 1. The Labute approximate surface area is 214 Å². The lowest BCUT2D eigenvalue weighted by Crippen LogP contribution is -2.60. The van der Waals surface area contributed by atoms with Gasteiger partial charge in [0.15, 0.2) is 5.82 Å². The highest BCUT2D eigenvalue weighted by Crippen LogP contribution is 2.36. The quantitative estimate of drug-likeness (QED) is 0.548. The minimum absolute atomic E-state index is 0.0152. The van der Waals surface area contributed by atoms with Crippen LogP contribution in [0.5, 0.6) is 5.75 Å². The molecule has 4 fully saturated rings. The third-order valence-electron chi connectivity index (χ3n) is 7.81. The van der Waals surface area contributed by atoms with Crippen LogP contribution in [-0.4, -0.2) is 75.4 Å². The normalized spacial score (nSPS) is 26.5. The molecule has 37 heavy (non-hydrogen) atoms. The van der Waals surface area contributed by atoms with Gasteiger partial charge in [-0.1, -0.05) is 12.1 Å². The number of piperazine rings is 1. The van der Waals surface area contributed by atoms with Crippen molar-refractivity contribution in [3.63, 3.8) is 0 Å². The first-order valence-corrected chi connectivity index (χ1v) is 12.6. The predicted octanol–water partition coefficient (Wildman–Crippen LogP) is 1.05. The highest BCUT2D eigenvalue weighted by atomic mass is 19.1. The smallest absolute Gasteiger partial charge is 0.243 e. The molecule has 3 unspecified atom stereocenters. The Bertz CT molecular complexity index is 1210. The molecule has 4 aliphatic rings. The molecular weight excluding hydrogens is 477 g/mol. The molecule has 194 valence electrons. The van der Waals surface area contributed by atoms with E-state index in [9.17, 15) is 10.1 Å². The van der Waals surface area contributed by atoms with Crippen LogP contribution in [-0.2, 0) is 9.53 Å². The van der Waals surface area contributed by atoms with Crippen LogP contribution in [0.15, 0.2) is 36.4 Å². The van der Waals surface area contributed by atoms with E-state index in [1.165, 1.54) is 23.9 Å². The first-order chi connectivity index (χ1) is 18.1. The van der Waals surface area contributed by atoms with E-state index in [1.54, 1.807) is 0 Å². The number of ether oxygens (including phenoxy) is 2. The zero-order chi connectivity index (χ0) is 25.5. The molecule has 4 heterocycles. The Kier molecular flexibility index (Phi) is 6.44. The number of hydrogen-bond donors (Lipinski definition) is 3. The van der Waals surface area contributed by atoms with E-state index in [1.807, 2.05) is 6.07 Å². The SMILES string of the molecule is COc1cc(C#N)cc(F)c1N1NC2C(CC1=O)NNC2c1ccc(N2CCN(C3COC3)CC2)cc1. The third-order valence-corrected chi connectivity index (χ3v) is 7.81. The molecule has 2 aromatic rings. The molecule has 11 heteroatoms. The maximum absolute atomic E-state index is 15.0. The molecule has 3 N–H and O–H groups in total. The lowest BCUT2D eigenvalue weighted by molar-refractivity contribution is -0.121. The van der Waals surface area contributed by atoms with Gasteiger partial charge in [0.2, 0.25) is 5.91 Å². The summed E-state index contributed by atoms with van der Waals surface area (Å²) in [4.78, 5) is 17.9. The number of halogens is 1. The lowest BCUT2D eigenvalue weighted by atomic mass is 9.93. The summed E-state index contributed by atoms with van der Waals surface area (Å²) in [6.07, 6.45) is 0.179. The van der Waals surface area contributed by atoms with Crippen molar-refractivity contribution in [2.75, 3.05) is 56.4 Å². The van der Waals surface area contributed by atoms with Gasteiger partial charge in [-0.25, -0.2) is 20.3 Å². The molecule has 4 saturated heterocycles. The van der Waals surface area contributed by atoms with Crippen molar-refractivity contribution in [3.8, 4) is 11.8 Å². The van der Waals surface area contributed by atoms with E-state index in [2.05, 4.69) is 50.3 Å². The fraction of sp³-hybridized carbons (Fsp3) is 0.462. The Morgan fingerprint density at radius 2 is 1.86 bits per heavy atom. The average Bonchev–Trinajstić information content (AvgIpc) is 3.30. The summed E-state index contributed by atoms with van der Waals surface area (Å²) in [7, 11) is 1.39. The van der Waals surface area contributed by atoms with Gasteiger partial charge in [0.25, 0.3) is 0 Å². The molecule has 4 aliphatic heterocycles. The summed E-state index contributed by atoms with van der Waals surface area (Å²) in [6.45, 7) is 5.75. The topological polar surface area (TPSA) is 105 Å². The van der Waals surface area contributed by atoms with E-state index >= 15 is 4.39 Å². The number of fused-ring (bicyclic) bond motifs is 1. The molecule has 10 nitrogen and oxygen atoms in total. The van der Waals surface area contributed by atoms with Crippen molar-refractivity contribution in [2.24, 2.45) is 0 Å². The first-order valence-electron chi connectivity index (χ1n) is 12.6. The molecule has 2 aromatic carbocycles. The molecule has 0 aliphatic carbocycles. The van der Waals surface area contributed by atoms with E-state index < -0.39 is 5.82 Å². The van der Waals surface area contributed by atoms with Crippen LogP contribution in [0.4, 0.5) is 15.8 Å². The van der Waals surface area contributed by atoms with Crippen LogP contribution in [0.3, 0.4) is 0 Å². The maximum atomic E-state index is 15.0. The van der Waals surface area contributed by atoms with Crippen LogP contribution in [0, 0.1) is 17.1 Å². The molecule has 3 atom stereocenters. The predicted molar refractivity (Wildman–Crippen MR) is 134 cm³/mol. The van der Waals surface area contributed by atoms with Crippen LogP contribution in [0.1, 0.15) is 23.6 Å². The highest BCUT2D eigenvalue weighted by molar-refractivity contribution is 5.95. The summed E-state index contributed by atoms with van der Waals surface area (Å²) < 4.78 is 25.7. The Morgan fingerprint density at radius 3 is 2.51 bits per heavy atom. The minimum Gasteiger partial charge on any atom is -0.494 e. The summed E-state index contributed by atoms with van der Waals surface area (Å²) in [5, 5.41) is 10.4. The molecule has 6 rings (SSSR count). The van der Waals surface area contributed by atoms with E-state index in [4.69, 9.17) is 9.47 Å². The van der Waals surface area contributed by atoms with Crippen LogP contribution in [0.25, 0.3) is 0 Å². The van der Waals surface area contributed by atoms with Crippen molar-refractivity contribution in [2.45, 2.75) is 30.6 Å². The summed E-state index contributed by atoms with van der Waals surface area (Å²) in [5.74, 6) is -0.860. The molecule has 0 spiro atoms. The number of methoxy groups -OCH3 is 1. The standard InChI is InChI=1S/C26H30FN7O3/c1-36-22-11-16(13-28)10-20(27)26(22)34-23(35)12-21-25(31-34)24(30-29-21)17-2-4-18(5-3-17)32-6-8-33(9-7-32)19-14-37-15-19/h2-5,10-11,19,21,24-25,29-31H,6-9,12,14-15H2,1H3. The maximum Gasteiger partial charge on any atom is 0.243 e. The molecule has 0 saturated carbocycles. The van der Waals surface area contributed by atoms with Gasteiger partial charge in [0.05, 0.1) is 50.1 Å². The van der Waals surface area contributed by atoms with Crippen molar-refractivity contribution in [3.05, 3.63) is 53.3 Å². The molecule has 0 radical (unpaired) electrons. The van der Waals surface area contributed by atoms with E-state index in [-0.39, 0.29) is 47.5 Å². The number of benzene rings is 2. The highest BCUT2D eigenvalue weighted by Gasteiger charge is 2.45. The zero-order valence-corrected chi connectivity index (χ0v) is 20.6. The van der Waals surface area contributed by atoms with E-state index in [0.717, 1.165) is 51.0 Å². The van der Waals surface area contributed by atoms with Crippen molar-refractivity contribution in [1.29, 1.82) is 5.26 Å². The van der Waals surface area contributed by atoms with Crippen molar-refractivity contribution < 1.29 is 18.7 Å². The Morgan fingerprint density at radius 1 is 1.11 bits per heavy atom. The van der Waals surface area contributed by atoms with Gasteiger partial charge in [-0.3, -0.25) is 15.1 Å². The summed E-state index contributed by atoms with van der Waals surface area (Å²) in [5.41, 5.74) is 12.1. The van der Waals surface area contributed by atoms with E-state index in [0.29, 0.717) is 6.04 Å². The van der Waals surface area contributed by atoms with Crippen LogP contribution >= 0.6 is 0 Å².